The van der Waals surface area contributed by atoms with Gasteiger partial charge in [-0.05, 0) is 36.8 Å². The van der Waals surface area contributed by atoms with Gasteiger partial charge in [-0.1, -0.05) is 18.2 Å². The Morgan fingerprint density at radius 2 is 1.87 bits per heavy atom. The van der Waals surface area contributed by atoms with Gasteiger partial charge in [0.25, 0.3) is 0 Å². The minimum atomic E-state index is -0.278. The Morgan fingerprint density at radius 3 is 2.57 bits per heavy atom. The van der Waals surface area contributed by atoms with Gasteiger partial charge in [0, 0.05) is 19.7 Å². The highest BCUT2D eigenvalue weighted by molar-refractivity contribution is 5.80. The van der Waals surface area contributed by atoms with Crippen LogP contribution >= 0.6 is 0 Å². The molecule has 0 aliphatic rings. The first kappa shape index (κ1) is 16.8. The van der Waals surface area contributed by atoms with E-state index < -0.39 is 0 Å². The summed E-state index contributed by atoms with van der Waals surface area (Å²) in [5, 5.41) is 5.90. The van der Waals surface area contributed by atoms with Crippen LogP contribution in [0.4, 0.5) is 4.39 Å². The molecule has 2 rings (SSSR count). The van der Waals surface area contributed by atoms with Crippen LogP contribution in [0.2, 0.25) is 0 Å². The van der Waals surface area contributed by atoms with Gasteiger partial charge in [0.1, 0.15) is 12.4 Å². The number of hydrogen-bond acceptors (Lipinski definition) is 4. The SMILES string of the molecule is CCOc1cc(/C=N/N(C)C)ccc1OCc1ccccc1F. The first-order chi connectivity index (χ1) is 11.1. The van der Waals surface area contributed by atoms with Crippen LogP contribution in [0.3, 0.4) is 0 Å². The molecule has 23 heavy (non-hydrogen) atoms. The molecule has 0 saturated heterocycles. The minimum Gasteiger partial charge on any atom is -0.490 e. The summed E-state index contributed by atoms with van der Waals surface area (Å²) in [5.41, 5.74) is 1.41. The van der Waals surface area contributed by atoms with Crippen molar-refractivity contribution in [2.75, 3.05) is 20.7 Å². The molecular formula is C18H21FN2O2. The van der Waals surface area contributed by atoms with E-state index in [0.717, 1.165) is 5.56 Å². The zero-order valence-corrected chi connectivity index (χ0v) is 13.6. The topological polar surface area (TPSA) is 34.1 Å². The Hall–Kier alpha value is -2.56. The van der Waals surface area contributed by atoms with Crippen LogP contribution in [0.15, 0.2) is 47.6 Å². The molecule has 0 unspecified atom stereocenters. The lowest BCUT2D eigenvalue weighted by atomic mass is 10.2. The van der Waals surface area contributed by atoms with Crippen LogP contribution in [0.25, 0.3) is 0 Å². The highest BCUT2D eigenvalue weighted by Crippen LogP contribution is 2.29. The van der Waals surface area contributed by atoms with E-state index >= 15 is 0 Å². The second-order valence-corrected chi connectivity index (χ2v) is 5.11. The molecule has 0 fully saturated rings. The van der Waals surface area contributed by atoms with Gasteiger partial charge >= 0.3 is 0 Å². The third-order valence-corrected chi connectivity index (χ3v) is 3.05. The zero-order chi connectivity index (χ0) is 16.7. The Morgan fingerprint density at radius 1 is 1.09 bits per heavy atom. The smallest absolute Gasteiger partial charge is 0.161 e. The molecule has 0 heterocycles. The van der Waals surface area contributed by atoms with E-state index in [2.05, 4.69) is 5.10 Å². The first-order valence-electron chi connectivity index (χ1n) is 7.44. The second kappa shape index (κ2) is 8.17. The molecule has 0 spiro atoms. The first-order valence-corrected chi connectivity index (χ1v) is 7.44. The Bertz CT molecular complexity index is 672. The van der Waals surface area contributed by atoms with Gasteiger partial charge in [0.05, 0.1) is 12.8 Å². The molecule has 0 atom stereocenters. The number of benzene rings is 2. The number of halogens is 1. The molecule has 0 N–H and O–H groups in total. The molecule has 5 heteroatoms. The molecule has 2 aromatic carbocycles. The molecule has 2 aromatic rings. The maximum absolute atomic E-state index is 13.6. The van der Waals surface area contributed by atoms with Crippen LogP contribution in [0, 0.1) is 5.82 Å². The van der Waals surface area contributed by atoms with Crippen molar-refractivity contribution in [2.24, 2.45) is 5.10 Å². The average Bonchev–Trinajstić information content (AvgIpc) is 2.53. The largest absolute Gasteiger partial charge is 0.490 e. The lowest BCUT2D eigenvalue weighted by Gasteiger charge is -2.13. The van der Waals surface area contributed by atoms with Crippen molar-refractivity contribution >= 4 is 6.21 Å². The maximum atomic E-state index is 13.6. The van der Waals surface area contributed by atoms with Gasteiger partial charge in [0.15, 0.2) is 11.5 Å². The van der Waals surface area contributed by atoms with Crippen molar-refractivity contribution in [2.45, 2.75) is 13.5 Å². The van der Waals surface area contributed by atoms with Gasteiger partial charge < -0.3 is 14.5 Å². The van der Waals surface area contributed by atoms with E-state index in [9.17, 15) is 4.39 Å². The fraction of sp³-hybridized carbons (Fsp3) is 0.278. The number of nitrogens with zero attached hydrogens (tertiary/aromatic N) is 2. The molecule has 4 nitrogen and oxygen atoms in total. The number of hydrogen-bond donors (Lipinski definition) is 0. The van der Waals surface area contributed by atoms with Crippen molar-refractivity contribution in [1.82, 2.24) is 5.01 Å². The van der Waals surface area contributed by atoms with Crippen LogP contribution in [0.5, 0.6) is 11.5 Å². The van der Waals surface area contributed by atoms with Crippen LogP contribution < -0.4 is 9.47 Å². The minimum absolute atomic E-state index is 0.151. The number of ether oxygens (including phenoxy) is 2. The summed E-state index contributed by atoms with van der Waals surface area (Å²) in [6.07, 6.45) is 1.74. The highest BCUT2D eigenvalue weighted by Gasteiger charge is 2.08. The van der Waals surface area contributed by atoms with E-state index in [1.54, 1.807) is 29.4 Å². The predicted molar refractivity (Wildman–Crippen MR) is 89.6 cm³/mol. The van der Waals surface area contributed by atoms with E-state index in [1.165, 1.54) is 6.07 Å². The zero-order valence-electron chi connectivity index (χ0n) is 13.6. The third-order valence-electron chi connectivity index (χ3n) is 3.05. The van der Waals surface area contributed by atoms with Crippen molar-refractivity contribution in [3.05, 3.63) is 59.4 Å². The summed E-state index contributed by atoms with van der Waals surface area (Å²) in [5.74, 6) is 0.920. The number of hydrazone groups is 1. The standard InChI is InChI=1S/C18H21FN2O2/c1-4-22-18-11-14(12-20-21(2)3)9-10-17(18)23-13-15-7-5-6-8-16(15)19/h5-12H,4,13H2,1-3H3/b20-12+. The maximum Gasteiger partial charge on any atom is 0.161 e. The molecule has 0 aromatic heterocycles. The fourth-order valence-electron chi connectivity index (χ4n) is 1.95. The van der Waals surface area contributed by atoms with E-state index in [-0.39, 0.29) is 12.4 Å². The van der Waals surface area contributed by atoms with Crippen LogP contribution in [0.1, 0.15) is 18.1 Å². The molecule has 0 aliphatic carbocycles. The van der Waals surface area contributed by atoms with Gasteiger partial charge in [-0.15, -0.1) is 0 Å². The second-order valence-electron chi connectivity index (χ2n) is 5.11. The van der Waals surface area contributed by atoms with Crippen LogP contribution in [-0.4, -0.2) is 31.9 Å². The van der Waals surface area contributed by atoms with Crippen molar-refractivity contribution < 1.29 is 13.9 Å². The summed E-state index contributed by atoms with van der Waals surface area (Å²) in [4.78, 5) is 0. The summed E-state index contributed by atoms with van der Waals surface area (Å²) < 4.78 is 25.0. The summed E-state index contributed by atoms with van der Waals surface area (Å²) in [7, 11) is 3.71. The van der Waals surface area contributed by atoms with Crippen LogP contribution in [-0.2, 0) is 6.61 Å². The van der Waals surface area contributed by atoms with Crippen molar-refractivity contribution in [3.8, 4) is 11.5 Å². The quantitative estimate of drug-likeness (QED) is 0.577. The average molecular weight is 316 g/mol. The van der Waals surface area contributed by atoms with Crippen molar-refractivity contribution in [3.63, 3.8) is 0 Å². The molecule has 122 valence electrons. The number of rotatable bonds is 7. The third kappa shape index (κ3) is 4.98. The fourth-order valence-corrected chi connectivity index (χ4v) is 1.95. The summed E-state index contributed by atoms with van der Waals surface area (Å²) in [6.45, 7) is 2.57. The van der Waals surface area contributed by atoms with E-state index in [1.807, 2.05) is 39.2 Å². The molecule has 0 aliphatic heterocycles. The predicted octanol–water partition coefficient (Wildman–Crippen LogP) is 3.70. The molecule has 0 saturated carbocycles. The lowest BCUT2D eigenvalue weighted by molar-refractivity contribution is 0.266. The highest BCUT2D eigenvalue weighted by atomic mass is 19.1. The monoisotopic (exact) mass is 316 g/mol. The molecule has 0 bridgehead atoms. The summed E-state index contributed by atoms with van der Waals surface area (Å²) >= 11 is 0. The van der Waals surface area contributed by atoms with E-state index in [4.69, 9.17) is 9.47 Å². The van der Waals surface area contributed by atoms with Gasteiger partial charge in [-0.3, -0.25) is 0 Å². The molecular weight excluding hydrogens is 295 g/mol. The lowest BCUT2D eigenvalue weighted by Crippen LogP contribution is -2.03. The van der Waals surface area contributed by atoms with Gasteiger partial charge in [-0.2, -0.15) is 5.10 Å². The molecule has 0 radical (unpaired) electrons. The normalized spacial score (nSPS) is 10.8. The Balaban J connectivity index is 2.15. The Kier molecular flexibility index (Phi) is 5.97. The van der Waals surface area contributed by atoms with Gasteiger partial charge in [0.2, 0.25) is 0 Å². The van der Waals surface area contributed by atoms with E-state index in [0.29, 0.717) is 23.7 Å². The molecule has 0 amide bonds. The summed E-state index contributed by atoms with van der Waals surface area (Å²) in [6, 6.07) is 12.1. The Labute approximate surface area is 136 Å². The van der Waals surface area contributed by atoms with Crippen molar-refractivity contribution in [1.29, 1.82) is 0 Å². The van der Waals surface area contributed by atoms with Gasteiger partial charge in [-0.25, -0.2) is 4.39 Å².